The third-order valence-corrected chi connectivity index (χ3v) is 3.46. The smallest absolute Gasteiger partial charge is 0.286 e. The number of hydrogen-bond acceptors (Lipinski definition) is 4. The van der Waals surface area contributed by atoms with Gasteiger partial charge in [-0.15, -0.1) is 0 Å². The van der Waals surface area contributed by atoms with Crippen molar-refractivity contribution in [1.82, 2.24) is 9.71 Å². The van der Waals surface area contributed by atoms with E-state index in [0.29, 0.717) is 6.42 Å². The van der Waals surface area contributed by atoms with Gasteiger partial charge in [-0.1, -0.05) is 13.3 Å². The summed E-state index contributed by atoms with van der Waals surface area (Å²) in [4.78, 5) is 3.69. The summed E-state index contributed by atoms with van der Waals surface area (Å²) in [7, 11) is -3.52. The summed E-state index contributed by atoms with van der Waals surface area (Å²) in [6.07, 6.45) is 5.61. The van der Waals surface area contributed by atoms with Crippen LogP contribution in [0.5, 0.6) is 0 Å². The molecule has 0 radical (unpaired) electrons. The van der Waals surface area contributed by atoms with Crippen molar-refractivity contribution in [3.63, 3.8) is 0 Å². The molecular weight excluding hydrogens is 204 g/mol. The fourth-order valence-electron chi connectivity index (χ4n) is 1.04. The van der Waals surface area contributed by atoms with E-state index in [-0.39, 0.29) is 0 Å². The van der Waals surface area contributed by atoms with E-state index < -0.39 is 15.4 Å². The topological polar surface area (TPSA) is 61.2 Å². The summed E-state index contributed by atoms with van der Waals surface area (Å²) < 4.78 is 28.9. The van der Waals surface area contributed by atoms with Gasteiger partial charge >= 0.3 is 10.1 Å². The summed E-state index contributed by atoms with van der Waals surface area (Å²) in [6.45, 7) is 3.57. The Morgan fingerprint density at radius 1 is 1.57 bits per heavy atom. The molecule has 1 unspecified atom stereocenters. The van der Waals surface area contributed by atoms with Crippen LogP contribution in [0.4, 0.5) is 0 Å². The molecule has 6 heteroatoms. The maximum atomic E-state index is 11.5. The molecule has 0 amide bonds. The lowest BCUT2D eigenvalue weighted by Crippen LogP contribution is -2.28. The predicted molar refractivity (Wildman–Crippen MR) is 52.1 cm³/mol. The first-order valence-electron chi connectivity index (χ1n) is 4.48. The Morgan fingerprint density at radius 3 is 2.79 bits per heavy atom. The van der Waals surface area contributed by atoms with Crippen LogP contribution in [0.3, 0.4) is 0 Å². The van der Waals surface area contributed by atoms with Crippen LogP contribution in [0.25, 0.3) is 0 Å². The minimum atomic E-state index is -3.52. The SMILES string of the molecule is CCCC(C)S(=O)(=O)On1ccnc1. The van der Waals surface area contributed by atoms with Crippen molar-refractivity contribution in [2.75, 3.05) is 0 Å². The van der Waals surface area contributed by atoms with Crippen LogP contribution in [0, 0.1) is 0 Å². The van der Waals surface area contributed by atoms with E-state index in [1.54, 1.807) is 6.92 Å². The fraction of sp³-hybridized carbons (Fsp3) is 0.625. The van der Waals surface area contributed by atoms with Crippen molar-refractivity contribution < 1.29 is 12.7 Å². The molecule has 0 saturated heterocycles. The third-order valence-electron chi connectivity index (χ3n) is 1.86. The Bertz CT molecular complexity index is 358. The molecule has 0 aliphatic heterocycles. The average Bonchev–Trinajstić information content (AvgIpc) is 2.56. The van der Waals surface area contributed by atoms with Crippen molar-refractivity contribution in [1.29, 1.82) is 0 Å². The van der Waals surface area contributed by atoms with Gasteiger partial charge in [-0.25, -0.2) is 4.98 Å². The van der Waals surface area contributed by atoms with Crippen LogP contribution in [0.2, 0.25) is 0 Å². The molecule has 1 heterocycles. The molecule has 0 N–H and O–H groups in total. The molecule has 80 valence electrons. The van der Waals surface area contributed by atoms with Crippen molar-refractivity contribution in [3.8, 4) is 0 Å². The third kappa shape index (κ3) is 2.73. The monoisotopic (exact) mass is 218 g/mol. The van der Waals surface area contributed by atoms with Crippen LogP contribution in [-0.4, -0.2) is 23.4 Å². The van der Waals surface area contributed by atoms with E-state index in [1.807, 2.05) is 6.92 Å². The van der Waals surface area contributed by atoms with Gasteiger partial charge in [0.25, 0.3) is 0 Å². The molecule has 0 aliphatic carbocycles. The normalized spacial score (nSPS) is 13.9. The highest BCUT2D eigenvalue weighted by atomic mass is 32.2. The summed E-state index contributed by atoms with van der Waals surface area (Å²) in [5.74, 6) is 0. The molecule has 0 bridgehead atoms. The molecule has 0 saturated carbocycles. The maximum absolute atomic E-state index is 11.5. The quantitative estimate of drug-likeness (QED) is 0.734. The largest absolute Gasteiger partial charge is 0.329 e. The highest BCUT2D eigenvalue weighted by Gasteiger charge is 2.22. The second kappa shape index (κ2) is 4.45. The molecule has 1 aromatic heterocycles. The zero-order valence-electron chi connectivity index (χ0n) is 8.25. The summed E-state index contributed by atoms with van der Waals surface area (Å²) in [5.41, 5.74) is 0. The summed E-state index contributed by atoms with van der Waals surface area (Å²) in [6, 6.07) is 0. The van der Waals surface area contributed by atoms with Gasteiger partial charge in [-0.05, 0) is 13.3 Å². The molecule has 0 aliphatic rings. The van der Waals surface area contributed by atoms with E-state index in [4.69, 9.17) is 4.28 Å². The van der Waals surface area contributed by atoms with E-state index in [9.17, 15) is 8.42 Å². The Balaban J connectivity index is 2.67. The lowest BCUT2D eigenvalue weighted by molar-refractivity contribution is 0.273. The first-order valence-corrected chi connectivity index (χ1v) is 5.95. The minimum Gasteiger partial charge on any atom is -0.286 e. The van der Waals surface area contributed by atoms with E-state index in [0.717, 1.165) is 11.2 Å². The molecular formula is C8H14N2O3S. The van der Waals surface area contributed by atoms with Crippen LogP contribution in [0.1, 0.15) is 26.7 Å². The number of hydrogen-bond donors (Lipinski definition) is 0. The Kier molecular flexibility index (Phi) is 3.51. The molecule has 0 spiro atoms. The molecule has 1 atom stereocenters. The molecule has 5 nitrogen and oxygen atoms in total. The highest BCUT2D eigenvalue weighted by molar-refractivity contribution is 7.87. The Morgan fingerprint density at radius 2 is 2.29 bits per heavy atom. The van der Waals surface area contributed by atoms with E-state index in [2.05, 4.69) is 4.98 Å². The van der Waals surface area contributed by atoms with Crippen LogP contribution < -0.4 is 4.28 Å². The zero-order chi connectivity index (χ0) is 10.6. The Hall–Kier alpha value is -1.04. The second-order valence-electron chi connectivity index (χ2n) is 3.09. The molecule has 0 aromatic carbocycles. The average molecular weight is 218 g/mol. The number of rotatable bonds is 5. The maximum Gasteiger partial charge on any atom is 0.329 e. The van der Waals surface area contributed by atoms with E-state index >= 15 is 0 Å². The van der Waals surface area contributed by atoms with Crippen LogP contribution >= 0.6 is 0 Å². The van der Waals surface area contributed by atoms with Crippen molar-refractivity contribution >= 4 is 10.1 Å². The van der Waals surface area contributed by atoms with Gasteiger partial charge in [0.2, 0.25) is 0 Å². The zero-order valence-corrected chi connectivity index (χ0v) is 9.07. The lowest BCUT2D eigenvalue weighted by Gasteiger charge is -2.11. The lowest BCUT2D eigenvalue weighted by atomic mass is 10.3. The van der Waals surface area contributed by atoms with Gasteiger partial charge < -0.3 is 0 Å². The van der Waals surface area contributed by atoms with Gasteiger partial charge in [0.1, 0.15) is 6.33 Å². The molecule has 14 heavy (non-hydrogen) atoms. The second-order valence-corrected chi connectivity index (χ2v) is 5.03. The van der Waals surface area contributed by atoms with Gasteiger partial charge in [0.05, 0.1) is 11.4 Å². The van der Waals surface area contributed by atoms with Crippen LogP contribution in [-0.2, 0) is 10.1 Å². The van der Waals surface area contributed by atoms with E-state index in [1.165, 1.54) is 18.7 Å². The first-order chi connectivity index (χ1) is 6.56. The van der Waals surface area contributed by atoms with Gasteiger partial charge in [0.15, 0.2) is 0 Å². The van der Waals surface area contributed by atoms with Gasteiger partial charge in [0, 0.05) is 6.20 Å². The predicted octanol–water partition coefficient (Wildman–Crippen LogP) is 0.830. The highest BCUT2D eigenvalue weighted by Crippen LogP contribution is 2.07. The molecule has 1 rings (SSSR count). The minimum absolute atomic E-state index is 0.491. The number of aromatic nitrogens is 2. The van der Waals surface area contributed by atoms with Crippen molar-refractivity contribution in [3.05, 3.63) is 18.7 Å². The van der Waals surface area contributed by atoms with Crippen molar-refractivity contribution in [2.45, 2.75) is 31.9 Å². The number of imidazole rings is 1. The van der Waals surface area contributed by atoms with Gasteiger partial charge in [-0.2, -0.15) is 13.1 Å². The summed E-state index contributed by atoms with van der Waals surface area (Å²) in [5, 5.41) is -0.491. The standard InChI is InChI=1S/C8H14N2O3S/c1-3-4-8(2)14(11,12)13-10-6-5-9-7-10/h5-8H,3-4H2,1-2H3. The fourth-order valence-corrected chi connectivity index (χ4v) is 2.03. The van der Waals surface area contributed by atoms with Crippen molar-refractivity contribution in [2.24, 2.45) is 0 Å². The number of nitrogens with zero attached hydrogens (tertiary/aromatic N) is 2. The molecule has 0 fully saturated rings. The molecule has 1 aromatic rings. The first kappa shape index (κ1) is 11.0. The van der Waals surface area contributed by atoms with Crippen LogP contribution in [0.15, 0.2) is 18.7 Å². The Labute approximate surface area is 83.8 Å². The van der Waals surface area contributed by atoms with Gasteiger partial charge in [-0.3, -0.25) is 4.28 Å². The summed E-state index contributed by atoms with van der Waals surface area (Å²) >= 11 is 0.